The first-order valence-corrected chi connectivity index (χ1v) is 5.71. The van der Waals surface area contributed by atoms with Gasteiger partial charge >= 0.3 is 0 Å². The van der Waals surface area contributed by atoms with E-state index in [1.807, 2.05) is 0 Å². The molecule has 19 heavy (non-hydrogen) atoms. The zero-order valence-electron chi connectivity index (χ0n) is 9.90. The highest BCUT2D eigenvalue weighted by atomic mass is 35.5. The van der Waals surface area contributed by atoms with E-state index in [0.717, 1.165) is 25.2 Å². The fourth-order valence-electron chi connectivity index (χ4n) is 1.83. The molecule has 0 spiro atoms. The summed E-state index contributed by atoms with van der Waals surface area (Å²) in [6.45, 7) is 1.89. The standard InChI is InChI=1S/C12H11F2N3O.ClH/c13-9-2-1-8(4-10(9)14)12-16-11(18-17-12)3-7-5-15-6-7;/h1-2,4,7,15H,3,5-6H2;1H. The van der Waals surface area contributed by atoms with Crippen molar-refractivity contribution < 1.29 is 13.3 Å². The molecule has 0 amide bonds. The molecule has 1 aromatic heterocycles. The van der Waals surface area contributed by atoms with Crippen LogP contribution in [0.25, 0.3) is 11.4 Å². The van der Waals surface area contributed by atoms with E-state index in [4.69, 9.17) is 4.52 Å². The number of aromatic nitrogens is 2. The Labute approximate surface area is 114 Å². The molecule has 1 N–H and O–H groups in total. The van der Waals surface area contributed by atoms with Gasteiger partial charge in [0.1, 0.15) is 0 Å². The van der Waals surface area contributed by atoms with Crippen LogP contribution in [0.3, 0.4) is 0 Å². The minimum Gasteiger partial charge on any atom is -0.339 e. The lowest BCUT2D eigenvalue weighted by atomic mass is 10.00. The fraction of sp³-hybridized carbons (Fsp3) is 0.333. The lowest BCUT2D eigenvalue weighted by molar-refractivity contribution is 0.296. The first kappa shape index (κ1) is 13.9. The molecule has 2 aromatic rings. The van der Waals surface area contributed by atoms with Gasteiger partial charge in [0.2, 0.25) is 11.7 Å². The van der Waals surface area contributed by atoms with Crippen LogP contribution in [0.15, 0.2) is 22.7 Å². The SMILES string of the molecule is Cl.Fc1ccc(-c2noc(CC3CNC3)n2)cc1F. The molecule has 0 unspecified atom stereocenters. The molecule has 1 aliphatic rings. The molecule has 0 radical (unpaired) electrons. The van der Waals surface area contributed by atoms with Gasteiger partial charge in [-0.05, 0) is 37.2 Å². The molecule has 4 nitrogen and oxygen atoms in total. The Morgan fingerprint density at radius 1 is 1.26 bits per heavy atom. The second-order valence-corrected chi connectivity index (χ2v) is 4.37. The topological polar surface area (TPSA) is 51.0 Å². The smallest absolute Gasteiger partial charge is 0.227 e. The molecular weight excluding hydrogens is 276 g/mol. The van der Waals surface area contributed by atoms with Crippen molar-refractivity contribution in [3.63, 3.8) is 0 Å². The quantitative estimate of drug-likeness (QED) is 0.940. The predicted molar refractivity (Wildman–Crippen MR) is 67.0 cm³/mol. The third kappa shape index (κ3) is 2.90. The summed E-state index contributed by atoms with van der Waals surface area (Å²) < 4.78 is 31.0. The van der Waals surface area contributed by atoms with Crippen molar-refractivity contribution in [2.75, 3.05) is 13.1 Å². The molecule has 0 bridgehead atoms. The van der Waals surface area contributed by atoms with E-state index in [1.54, 1.807) is 0 Å². The number of rotatable bonds is 3. The Bertz CT molecular complexity index is 572. The average molecular weight is 288 g/mol. The summed E-state index contributed by atoms with van der Waals surface area (Å²) >= 11 is 0. The third-order valence-electron chi connectivity index (χ3n) is 2.98. The first-order valence-electron chi connectivity index (χ1n) is 5.71. The molecule has 3 rings (SSSR count). The molecule has 102 valence electrons. The normalized spacial score (nSPS) is 14.8. The summed E-state index contributed by atoms with van der Waals surface area (Å²) in [5, 5.41) is 6.93. The van der Waals surface area contributed by atoms with Crippen molar-refractivity contribution in [3.05, 3.63) is 35.7 Å². The molecule has 1 aliphatic heterocycles. The summed E-state index contributed by atoms with van der Waals surface area (Å²) in [5.41, 5.74) is 0.413. The first-order chi connectivity index (χ1) is 8.72. The highest BCUT2D eigenvalue weighted by Crippen LogP contribution is 2.20. The molecule has 7 heteroatoms. The van der Waals surface area contributed by atoms with E-state index in [-0.39, 0.29) is 18.2 Å². The zero-order chi connectivity index (χ0) is 12.5. The van der Waals surface area contributed by atoms with Crippen molar-refractivity contribution in [2.24, 2.45) is 5.92 Å². The monoisotopic (exact) mass is 287 g/mol. The number of nitrogens with zero attached hydrogens (tertiary/aromatic N) is 2. The van der Waals surface area contributed by atoms with Gasteiger partial charge in [-0.2, -0.15) is 4.98 Å². The lowest BCUT2D eigenvalue weighted by Gasteiger charge is -2.25. The van der Waals surface area contributed by atoms with Gasteiger partial charge in [0.25, 0.3) is 0 Å². The van der Waals surface area contributed by atoms with Crippen LogP contribution in [0, 0.1) is 17.6 Å². The van der Waals surface area contributed by atoms with Crippen LogP contribution in [0.1, 0.15) is 5.89 Å². The Kier molecular flexibility index (Phi) is 4.11. The van der Waals surface area contributed by atoms with Gasteiger partial charge in [-0.1, -0.05) is 5.16 Å². The minimum absolute atomic E-state index is 0. The molecule has 1 saturated heterocycles. The summed E-state index contributed by atoms with van der Waals surface area (Å²) in [6, 6.07) is 3.55. The van der Waals surface area contributed by atoms with Crippen LogP contribution in [-0.2, 0) is 6.42 Å². The van der Waals surface area contributed by atoms with E-state index < -0.39 is 11.6 Å². The summed E-state index contributed by atoms with van der Waals surface area (Å²) in [4.78, 5) is 4.18. The highest BCUT2D eigenvalue weighted by molar-refractivity contribution is 5.85. The maximum Gasteiger partial charge on any atom is 0.227 e. The number of hydrogen-bond acceptors (Lipinski definition) is 4. The summed E-state index contributed by atoms with van der Waals surface area (Å²) in [5.74, 6) is -0.467. The Morgan fingerprint density at radius 2 is 2.05 bits per heavy atom. The van der Waals surface area contributed by atoms with Crippen LogP contribution in [0.5, 0.6) is 0 Å². The van der Waals surface area contributed by atoms with Crippen LogP contribution in [0.2, 0.25) is 0 Å². The third-order valence-corrected chi connectivity index (χ3v) is 2.98. The van der Waals surface area contributed by atoms with Crippen molar-refractivity contribution >= 4 is 12.4 Å². The van der Waals surface area contributed by atoms with Crippen molar-refractivity contribution in [2.45, 2.75) is 6.42 Å². The second kappa shape index (κ2) is 5.63. The molecule has 2 heterocycles. The molecule has 1 aromatic carbocycles. The largest absolute Gasteiger partial charge is 0.339 e. The number of benzene rings is 1. The minimum atomic E-state index is -0.915. The van der Waals surface area contributed by atoms with E-state index in [9.17, 15) is 8.78 Å². The highest BCUT2D eigenvalue weighted by Gasteiger charge is 2.20. The molecule has 1 fully saturated rings. The van der Waals surface area contributed by atoms with E-state index in [2.05, 4.69) is 15.5 Å². The summed E-state index contributed by atoms with van der Waals surface area (Å²) in [6.07, 6.45) is 0.712. The Morgan fingerprint density at radius 3 is 2.68 bits per heavy atom. The molecular formula is C12H12ClF2N3O. The van der Waals surface area contributed by atoms with Crippen LogP contribution < -0.4 is 5.32 Å². The van der Waals surface area contributed by atoms with Gasteiger partial charge in [0.15, 0.2) is 11.6 Å². The van der Waals surface area contributed by atoms with Gasteiger partial charge in [-0.25, -0.2) is 8.78 Å². The van der Waals surface area contributed by atoms with E-state index in [0.29, 0.717) is 23.8 Å². The van der Waals surface area contributed by atoms with Crippen molar-refractivity contribution in [1.29, 1.82) is 0 Å². The zero-order valence-corrected chi connectivity index (χ0v) is 10.7. The average Bonchev–Trinajstić information content (AvgIpc) is 2.76. The van der Waals surface area contributed by atoms with Gasteiger partial charge < -0.3 is 9.84 Å². The van der Waals surface area contributed by atoms with E-state index >= 15 is 0 Å². The maximum atomic E-state index is 13.1. The van der Waals surface area contributed by atoms with Crippen LogP contribution in [0.4, 0.5) is 8.78 Å². The molecule has 0 saturated carbocycles. The molecule has 0 atom stereocenters. The number of halogens is 3. The fourth-order valence-corrected chi connectivity index (χ4v) is 1.83. The number of nitrogens with one attached hydrogen (secondary N) is 1. The molecule has 0 aliphatic carbocycles. The Balaban J connectivity index is 0.00000133. The Hall–Kier alpha value is -1.53. The van der Waals surface area contributed by atoms with E-state index in [1.165, 1.54) is 6.07 Å². The van der Waals surface area contributed by atoms with Gasteiger partial charge in [-0.3, -0.25) is 0 Å². The van der Waals surface area contributed by atoms with Gasteiger partial charge in [-0.15, -0.1) is 12.4 Å². The summed E-state index contributed by atoms with van der Waals surface area (Å²) in [7, 11) is 0. The number of hydrogen-bond donors (Lipinski definition) is 1. The second-order valence-electron chi connectivity index (χ2n) is 4.37. The predicted octanol–water partition coefficient (Wildman–Crippen LogP) is 2.20. The van der Waals surface area contributed by atoms with Gasteiger partial charge in [0, 0.05) is 12.0 Å². The lowest BCUT2D eigenvalue weighted by Crippen LogP contribution is -2.43. The van der Waals surface area contributed by atoms with Crippen molar-refractivity contribution in [1.82, 2.24) is 15.5 Å². The van der Waals surface area contributed by atoms with Crippen LogP contribution in [-0.4, -0.2) is 23.2 Å². The van der Waals surface area contributed by atoms with Crippen molar-refractivity contribution in [3.8, 4) is 11.4 Å². The maximum absolute atomic E-state index is 13.1. The van der Waals surface area contributed by atoms with Crippen LogP contribution >= 0.6 is 12.4 Å². The van der Waals surface area contributed by atoms with Gasteiger partial charge in [0.05, 0.1) is 0 Å².